The van der Waals surface area contributed by atoms with Crippen LogP contribution in [0.3, 0.4) is 0 Å². The van der Waals surface area contributed by atoms with Crippen LogP contribution in [0.2, 0.25) is 5.21 Å². The molecule has 0 aromatic carbocycles. The first kappa shape index (κ1) is 13.6. The summed E-state index contributed by atoms with van der Waals surface area (Å²) >= 11 is 0. The number of hydrogen-bond donors (Lipinski definition) is 0. The Labute approximate surface area is 110 Å². The molecular weight excluding hydrogens is 202 g/mol. The van der Waals surface area contributed by atoms with Crippen LogP contribution in [0.4, 0.5) is 0 Å². The first-order valence-electron chi connectivity index (χ1n) is 7.88. The second-order valence-corrected chi connectivity index (χ2v) is 7.98. The lowest BCUT2D eigenvalue weighted by Gasteiger charge is -2.56. The van der Waals surface area contributed by atoms with Gasteiger partial charge in [0.25, 0.3) is 0 Å². The van der Waals surface area contributed by atoms with E-state index in [1.165, 1.54) is 44.9 Å². The van der Waals surface area contributed by atoms with E-state index in [4.69, 9.17) is 0 Å². The number of rotatable bonds is 4. The van der Waals surface area contributed by atoms with Gasteiger partial charge in [-0.2, -0.15) is 0 Å². The highest BCUT2D eigenvalue weighted by Gasteiger charge is 2.48. The third-order valence-corrected chi connectivity index (χ3v) is 6.59. The van der Waals surface area contributed by atoms with Crippen LogP contribution in [0.5, 0.6) is 0 Å². The van der Waals surface area contributed by atoms with E-state index in [2.05, 4.69) is 36.5 Å². The Kier molecular flexibility index (Phi) is 3.72. The summed E-state index contributed by atoms with van der Waals surface area (Å²) in [5, 5.41) is 0.521. The largest absolute Gasteiger partial charge is 0.100 e. The molecule has 2 bridgehead atoms. The minimum Gasteiger partial charge on any atom is -0.0766 e. The maximum Gasteiger partial charge on any atom is 0.100 e. The lowest BCUT2D eigenvalue weighted by molar-refractivity contribution is 0.0482. The highest BCUT2D eigenvalue weighted by atomic mass is 14.5. The molecule has 3 fully saturated rings. The average molecular weight is 232 g/mol. The molecule has 1 atom stereocenters. The predicted octanol–water partition coefficient (Wildman–Crippen LogP) is 3.02. The van der Waals surface area contributed by atoms with Gasteiger partial charge in [-0.25, -0.2) is 0 Å². The van der Waals surface area contributed by atoms with Crippen molar-refractivity contribution in [3.63, 3.8) is 0 Å². The van der Waals surface area contributed by atoms with Crippen LogP contribution in [0.15, 0.2) is 0 Å². The minimum absolute atomic E-state index is 0.504. The van der Waals surface area contributed by atoms with Crippen molar-refractivity contribution in [1.29, 1.82) is 0 Å². The number of hydrogen-bond acceptors (Lipinski definition) is 0. The molecule has 1 unspecified atom stereocenters. The van der Waals surface area contributed by atoms with E-state index in [9.17, 15) is 0 Å². The van der Waals surface area contributed by atoms with Gasteiger partial charge in [0.15, 0.2) is 0 Å². The van der Waals surface area contributed by atoms with E-state index in [1.54, 1.807) is 0 Å². The van der Waals surface area contributed by atoms with Crippen molar-refractivity contribution >= 4 is 15.7 Å². The molecule has 0 saturated heterocycles. The zero-order valence-corrected chi connectivity index (χ0v) is 12.7. The second kappa shape index (κ2) is 4.67. The van der Waals surface area contributed by atoms with E-state index in [1.807, 2.05) is 0 Å². The van der Waals surface area contributed by atoms with Crippen molar-refractivity contribution in [3.05, 3.63) is 0 Å². The van der Waals surface area contributed by atoms with Crippen molar-refractivity contribution in [1.82, 2.24) is 0 Å². The van der Waals surface area contributed by atoms with Crippen molar-refractivity contribution in [2.24, 2.45) is 23.2 Å². The van der Waals surface area contributed by atoms with Crippen LogP contribution in [0.1, 0.15) is 65.7 Å². The van der Waals surface area contributed by atoms with Crippen molar-refractivity contribution in [2.45, 2.75) is 70.9 Å². The number of fused-ring (bicyclic) bond motifs is 3. The summed E-state index contributed by atoms with van der Waals surface area (Å²) < 4.78 is 0. The summed E-state index contributed by atoms with van der Waals surface area (Å²) in [7, 11) is 5.13. The summed E-state index contributed by atoms with van der Waals surface area (Å²) in [5.41, 5.74) is 0.504. The van der Waals surface area contributed by atoms with Crippen LogP contribution in [-0.4, -0.2) is 15.7 Å². The summed E-state index contributed by atoms with van der Waals surface area (Å²) in [6.45, 7) is 7.36. The Hall–Kier alpha value is 0.130. The molecule has 0 spiro atoms. The molecule has 0 aromatic heterocycles. The van der Waals surface area contributed by atoms with Gasteiger partial charge in [-0.15, -0.1) is 0 Å². The molecule has 0 nitrogen and oxygen atoms in total. The lowest BCUT2D eigenvalue weighted by atomic mass is 9.33. The molecule has 0 radical (unpaired) electrons. The van der Waals surface area contributed by atoms with Crippen LogP contribution >= 0.6 is 0 Å². The Morgan fingerprint density at radius 1 is 1.06 bits per heavy atom. The standard InChI is InChI=1S/C15H30B2/c1-4-9-14(2,3)15(16,17)13-10-11-5-7-12(13)8-6-11/h11-13H,4-10,16-17H2,1-3H3. The van der Waals surface area contributed by atoms with E-state index < -0.39 is 0 Å². The minimum atomic E-state index is 0.504. The first-order valence-corrected chi connectivity index (χ1v) is 7.88. The van der Waals surface area contributed by atoms with Gasteiger partial charge in [-0.3, -0.25) is 0 Å². The van der Waals surface area contributed by atoms with Gasteiger partial charge >= 0.3 is 0 Å². The van der Waals surface area contributed by atoms with E-state index in [0.717, 1.165) is 17.8 Å². The molecule has 3 saturated carbocycles. The monoisotopic (exact) mass is 232 g/mol. The van der Waals surface area contributed by atoms with Crippen LogP contribution < -0.4 is 0 Å². The third-order valence-electron chi connectivity index (χ3n) is 6.59. The Bertz CT molecular complexity index is 262. The Balaban J connectivity index is 2.14. The Morgan fingerprint density at radius 2 is 1.65 bits per heavy atom. The van der Waals surface area contributed by atoms with E-state index >= 15 is 0 Å². The maximum absolute atomic E-state index is 2.56. The summed E-state index contributed by atoms with van der Waals surface area (Å²) in [6.07, 6.45) is 10.4. The normalized spacial score (nSPS) is 33.9. The molecule has 3 aliphatic rings. The fourth-order valence-corrected chi connectivity index (χ4v) is 4.71. The van der Waals surface area contributed by atoms with Crippen LogP contribution in [-0.2, 0) is 0 Å². The second-order valence-electron chi connectivity index (χ2n) is 7.98. The summed E-state index contributed by atoms with van der Waals surface area (Å²) in [4.78, 5) is 0. The SMILES string of the molecule is BC(B)(C1CC2CCC1CC2)C(C)(C)CCC. The topological polar surface area (TPSA) is 0 Å². The molecule has 3 rings (SSSR count). The maximum atomic E-state index is 2.56. The van der Waals surface area contributed by atoms with Crippen molar-refractivity contribution < 1.29 is 0 Å². The zero-order chi connectivity index (χ0) is 12.7. The fraction of sp³-hybridized carbons (Fsp3) is 1.00. The highest BCUT2D eigenvalue weighted by Crippen LogP contribution is 2.59. The molecule has 3 aliphatic carbocycles. The molecule has 0 heterocycles. The van der Waals surface area contributed by atoms with E-state index in [0.29, 0.717) is 10.6 Å². The summed E-state index contributed by atoms with van der Waals surface area (Å²) in [6, 6.07) is 0. The van der Waals surface area contributed by atoms with Gasteiger partial charge in [-0.1, -0.05) is 45.2 Å². The van der Waals surface area contributed by atoms with Crippen LogP contribution in [0.25, 0.3) is 0 Å². The van der Waals surface area contributed by atoms with Gasteiger partial charge in [0, 0.05) is 0 Å². The predicted molar refractivity (Wildman–Crippen MR) is 82.0 cm³/mol. The third kappa shape index (κ3) is 2.34. The molecule has 2 heteroatoms. The zero-order valence-electron chi connectivity index (χ0n) is 12.7. The quantitative estimate of drug-likeness (QED) is 0.653. The smallest absolute Gasteiger partial charge is 0.0766 e. The van der Waals surface area contributed by atoms with Crippen molar-refractivity contribution in [3.8, 4) is 0 Å². The molecule has 0 aromatic rings. The van der Waals surface area contributed by atoms with Gasteiger partial charge < -0.3 is 0 Å². The molecule has 0 aliphatic heterocycles. The molecule has 0 N–H and O–H groups in total. The molecule has 0 amide bonds. The molecule has 96 valence electrons. The van der Waals surface area contributed by atoms with Gasteiger partial charge in [0.05, 0.1) is 0 Å². The molecule has 17 heavy (non-hydrogen) atoms. The van der Waals surface area contributed by atoms with Crippen LogP contribution in [0, 0.1) is 23.2 Å². The first-order chi connectivity index (χ1) is 7.88. The van der Waals surface area contributed by atoms with Gasteiger partial charge in [0.2, 0.25) is 0 Å². The van der Waals surface area contributed by atoms with Crippen molar-refractivity contribution in [2.75, 3.05) is 0 Å². The van der Waals surface area contributed by atoms with Gasteiger partial charge in [-0.05, 0) is 48.9 Å². The van der Waals surface area contributed by atoms with E-state index in [-0.39, 0.29) is 0 Å². The lowest BCUT2D eigenvalue weighted by Crippen LogP contribution is -2.46. The summed E-state index contributed by atoms with van der Waals surface area (Å²) in [5.74, 6) is 3.12. The fourth-order valence-electron chi connectivity index (χ4n) is 4.71. The molecular formula is C15H30B2. The highest BCUT2D eigenvalue weighted by molar-refractivity contribution is 6.40. The van der Waals surface area contributed by atoms with Gasteiger partial charge in [0.1, 0.15) is 15.7 Å². The average Bonchev–Trinajstić information content (AvgIpc) is 2.30. The Morgan fingerprint density at radius 3 is 2.06 bits per heavy atom.